The number of para-hydroxylation sites is 1. The summed E-state index contributed by atoms with van der Waals surface area (Å²) in [6.07, 6.45) is 0. The zero-order valence-electron chi connectivity index (χ0n) is 12.5. The molecule has 0 saturated carbocycles. The van der Waals surface area contributed by atoms with Crippen LogP contribution in [0.5, 0.6) is 0 Å². The van der Waals surface area contributed by atoms with Crippen LogP contribution in [0.2, 0.25) is 0 Å². The molecule has 0 amide bonds. The van der Waals surface area contributed by atoms with E-state index in [1.54, 1.807) is 24.3 Å². The highest BCUT2D eigenvalue weighted by Crippen LogP contribution is 2.25. The second-order valence-corrected chi connectivity index (χ2v) is 6.34. The van der Waals surface area contributed by atoms with Gasteiger partial charge >= 0.3 is 5.97 Å². The van der Waals surface area contributed by atoms with Crippen LogP contribution in [0.1, 0.15) is 15.5 Å². The summed E-state index contributed by atoms with van der Waals surface area (Å²) in [7, 11) is 0. The fourth-order valence-corrected chi connectivity index (χ4v) is 3.45. The van der Waals surface area contributed by atoms with Gasteiger partial charge in [-0.15, -0.1) is 11.3 Å². The highest BCUT2D eigenvalue weighted by atomic mass is 32.1. The van der Waals surface area contributed by atoms with Crippen LogP contribution in [0.4, 0.5) is 0 Å². The van der Waals surface area contributed by atoms with Crippen molar-refractivity contribution in [3.8, 4) is 0 Å². The van der Waals surface area contributed by atoms with E-state index in [1.807, 2.05) is 30.3 Å². The van der Waals surface area contributed by atoms with E-state index in [0.717, 1.165) is 10.1 Å². The number of rotatable bonds is 3. The molecule has 0 aliphatic rings. The molecule has 1 N–H and O–H groups in total. The van der Waals surface area contributed by atoms with Gasteiger partial charge in [-0.05, 0) is 29.7 Å². The van der Waals surface area contributed by atoms with Crippen molar-refractivity contribution in [1.82, 2.24) is 9.97 Å². The van der Waals surface area contributed by atoms with Gasteiger partial charge in [-0.3, -0.25) is 4.79 Å². The van der Waals surface area contributed by atoms with Gasteiger partial charge in [0.15, 0.2) is 0 Å². The fraction of sp³-hybridized carbons (Fsp3) is 0.0556. The summed E-state index contributed by atoms with van der Waals surface area (Å²) in [5.41, 5.74) is 0.336. The number of thiophene rings is 1. The molecular weight excluding hydrogens is 324 g/mol. The molecule has 0 unspecified atom stereocenters. The number of ether oxygens (including phenoxy) is 1. The van der Waals surface area contributed by atoms with Crippen molar-refractivity contribution in [1.29, 1.82) is 0 Å². The lowest BCUT2D eigenvalue weighted by Crippen LogP contribution is -2.14. The van der Waals surface area contributed by atoms with E-state index in [2.05, 4.69) is 9.97 Å². The van der Waals surface area contributed by atoms with Crippen LogP contribution in [-0.2, 0) is 11.3 Å². The molecule has 6 heteroatoms. The number of aromatic amines is 1. The number of H-pyrrole nitrogens is 1. The summed E-state index contributed by atoms with van der Waals surface area (Å²) >= 11 is 1.38. The van der Waals surface area contributed by atoms with Gasteiger partial charge in [-0.25, -0.2) is 9.78 Å². The number of fused-ring (bicyclic) bond motifs is 2. The number of nitrogens with zero attached hydrogens (tertiary/aromatic N) is 1. The van der Waals surface area contributed by atoms with Crippen LogP contribution < -0.4 is 5.56 Å². The smallest absolute Gasteiger partial charge is 0.348 e. The summed E-state index contributed by atoms with van der Waals surface area (Å²) in [5, 5.41) is 1.52. The van der Waals surface area contributed by atoms with E-state index in [0.29, 0.717) is 21.6 Å². The fourth-order valence-electron chi connectivity index (χ4n) is 2.49. The first-order chi connectivity index (χ1) is 11.7. The van der Waals surface area contributed by atoms with Crippen LogP contribution >= 0.6 is 11.3 Å². The highest BCUT2D eigenvalue weighted by Gasteiger charge is 2.12. The number of carbonyl (C=O) groups excluding carboxylic acids is 1. The Hall–Kier alpha value is -2.99. The van der Waals surface area contributed by atoms with Gasteiger partial charge in [0.05, 0.1) is 10.9 Å². The normalized spacial score (nSPS) is 11.0. The van der Waals surface area contributed by atoms with Gasteiger partial charge in [0.25, 0.3) is 5.56 Å². The monoisotopic (exact) mass is 336 g/mol. The molecule has 0 radical (unpaired) electrons. The zero-order valence-corrected chi connectivity index (χ0v) is 13.3. The summed E-state index contributed by atoms with van der Waals surface area (Å²) in [6, 6.07) is 16.6. The lowest BCUT2D eigenvalue weighted by atomic mass is 10.2. The van der Waals surface area contributed by atoms with Gasteiger partial charge in [0, 0.05) is 4.70 Å². The Morgan fingerprint density at radius 1 is 1.12 bits per heavy atom. The Balaban J connectivity index is 1.56. The molecule has 0 saturated heterocycles. The average Bonchev–Trinajstić information content (AvgIpc) is 3.04. The molecule has 2 aromatic carbocycles. The molecule has 2 aromatic heterocycles. The molecule has 118 valence electrons. The van der Waals surface area contributed by atoms with Crippen molar-refractivity contribution in [2.45, 2.75) is 6.61 Å². The Bertz CT molecular complexity index is 1080. The van der Waals surface area contributed by atoms with E-state index in [4.69, 9.17) is 4.74 Å². The average molecular weight is 336 g/mol. The second kappa shape index (κ2) is 5.90. The SMILES string of the molecule is O=C(OCc1nc2ccccc2c(=O)[nH]1)c1cc2ccccc2s1. The third kappa shape index (κ3) is 2.68. The summed E-state index contributed by atoms with van der Waals surface area (Å²) in [6.45, 7) is -0.0762. The molecule has 0 aliphatic carbocycles. The molecule has 24 heavy (non-hydrogen) atoms. The van der Waals surface area contributed by atoms with Gasteiger partial charge in [-0.1, -0.05) is 30.3 Å². The highest BCUT2D eigenvalue weighted by molar-refractivity contribution is 7.20. The van der Waals surface area contributed by atoms with Crippen LogP contribution in [0, 0.1) is 0 Å². The minimum Gasteiger partial charge on any atom is -0.453 e. The number of hydrogen-bond donors (Lipinski definition) is 1. The van der Waals surface area contributed by atoms with Crippen LogP contribution in [0.3, 0.4) is 0 Å². The predicted octanol–water partition coefficient (Wildman–Crippen LogP) is 3.49. The molecule has 4 aromatic rings. The molecule has 0 atom stereocenters. The third-order valence-corrected chi connectivity index (χ3v) is 4.72. The molecule has 0 spiro atoms. The van der Waals surface area contributed by atoms with Crippen molar-refractivity contribution in [2.24, 2.45) is 0 Å². The molecule has 5 nitrogen and oxygen atoms in total. The second-order valence-electron chi connectivity index (χ2n) is 5.25. The Kier molecular flexibility index (Phi) is 3.59. The van der Waals surface area contributed by atoms with E-state index in [1.165, 1.54) is 11.3 Å². The summed E-state index contributed by atoms with van der Waals surface area (Å²) in [4.78, 5) is 31.7. The topological polar surface area (TPSA) is 72.0 Å². The van der Waals surface area contributed by atoms with Crippen LogP contribution in [0.25, 0.3) is 21.0 Å². The molecule has 4 rings (SSSR count). The third-order valence-electron chi connectivity index (χ3n) is 3.63. The maximum Gasteiger partial charge on any atom is 0.348 e. The van der Waals surface area contributed by atoms with Crippen molar-refractivity contribution < 1.29 is 9.53 Å². The summed E-state index contributed by atoms with van der Waals surface area (Å²) in [5.74, 6) is -0.0971. The van der Waals surface area contributed by atoms with Gasteiger partial charge in [0.1, 0.15) is 17.3 Å². The van der Waals surface area contributed by atoms with Crippen molar-refractivity contribution in [2.75, 3.05) is 0 Å². The first kappa shape index (κ1) is 14.6. The summed E-state index contributed by atoms with van der Waals surface area (Å²) < 4.78 is 6.32. The quantitative estimate of drug-likeness (QED) is 0.581. The Morgan fingerprint density at radius 2 is 1.92 bits per heavy atom. The van der Waals surface area contributed by atoms with Gasteiger partial charge in [-0.2, -0.15) is 0 Å². The Morgan fingerprint density at radius 3 is 2.79 bits per heavy atom. The van der Waals surface area contributed by atoms with Crippen molar-refractivity contribution >= 4 is 38.3 Å². The molecule has 0 bridgehead atoms. The number of carbonyl (C=O) groups is 1. The van der Waals surface area contributed by atoms with Crippen molar-refractivity contribution in [3.05, 3.63) is 75.7 Å². The number of esters is 1. The predicted molar refractivity (Wildman–Crippen MR) is 93.3 cm³/mol. The van der Waals surface area contributed by atoms with Crippen LogP contribution in [-0.4, -0.2) is 15.9 Å². The number of nitrogens with one attached hydrogen (secondary N) is 1. The largest absolute Gasteiger partial charge is 0.453 e. The number of aromatic nitrogens is 2. The lowest BCUT2D eigenvalue weighted by Gasteiger charge is -2.04. The molecule has 2 heterocycles. The lowest BCUT2D eigenvalue weighted by molar-refractivity contribution is 0.0468. The molecular formula is C18H12N2O3S. The molecule has 0 fully saturated rings. The van der Waals surface area contributed by atoms with Gasteiger partial charge < -0.3 is 9.72 Å². The first-order valence-electron chi connectivity index (χ1n) is 7.34. The standard InChI is InChI=1S/C18H12N2O3S/c21-17-12-6-2-3-7-13(12)19-16(20-17)10-23-18(22)15-9-11-5-1-4-8-14(11)24-15/h1-9H,10H2,(H,19,20,21). The maximum absolute atomic E-state index is 12.2. The van der Waals surface area contributed by atoms with Crippen LogP contribution in [0.15, 0.2) is 59.4 Å². The van der Waals surface area contributed by atoms with E-state index in [9.17, 15) is 9.59 Å². The van der Waals surface area contributed by atoms with E-state index in [-0.39, 0.29) is 12.2 Å². The first-order valence-corrected chi connectivity index (χ1v) is 8.16. The van der Waals surface area contributed by atoms with E-state index < -0.39 is 5.97 Å². The Labute approximate surface area is 140 Å². The zero-order chi connectivity index (χ0) is 16.5. The number of benzene rings is 2. The number of hydrogen-bond acceptors (Lipinski definition) is 5. The molecule has 0 aliphatic heterocycles. The minimum atomic E-state index is -0.424. The maximum atomic E-state index is 12.2. The van der Waals surface area contributed by atoms with Gasteiger partial charge in [0.2, 0.25) is 0 Å². The van der Waals surface area contributed by atoms with E-state index >= 15 is 0 Å². The minimum absolute atomic E-state index is 0.0762. The van der Waals surface area contributed by atoms with Crippen molar-refractivity contribution in [3.63, 3.8) is 0 Å².